The van der Waals surface area contributed by atoms with Gasteiger partial charge in [-0.2, -0.15) is 0 Å². The number of hydrogen-bond acceptors (Lipinski definition) is 8. The largest absolute Gasteiger partial charge is 0.504 e. The second-order valence-corrected chi connectivity index (χ2v) is 9.78. The van der Waals surface area contributed by atoms with Gasteiger partial charge >= 0.3 is 0 Å². The van der Waals surface area contributed by atoms with Gasteiger partial charge in [0.1, 0.15) is 5.76 Å². The zero-order valence-electron chi connectivity index (χ0n) is 21.0. The molecule has 196 valence electrons. The van der Waals surface area contributed by atoms with Crippen LogP contribution in [0.25, 0.3) is 0 Å². The second kappa shape index (κ2) is 11.3. The number of phenols is 1. The van der Waals surface area contributed by atoms with Gasteiger partial charge < -0.3 is 29.4 Å². The van der Waals surface area contributed by atoms with E-state index in [4.69, 9.17) is 13.9 Å². The number of hydrogen-bond donors (Lipinski definition) is 3. The van der Waals surface area contributed by atoms with Crippen LogP contribution in [0.1, 0.15) is 61.5 Å². The van der Waals surface area contributed by atoms with Crippen LogP contribution in [-0.4, -0.2) is 66.5 Å². The highest BCUT2D eigenvalue weighted by atomic mass is 16.5. The average molecular weight is 501 g/mol. The molecule has 1 saturated carbocycles. The normalized spacial score (nSPS) is 18.9. The molecule has 4 rings (SSSR count). The van der Waals surface area contributed by atoms with E-state index in [9.17, 15) is 19.8 Å². The molecule has 0 unspecified atom stereocenters. The predicted octanol–water partition coefficient (Wildman–Crippen LogP) is 3.04. The smallest absolute Gasteiger partial charge is 0.227 e. The third-order valence-corrected chi connectivity index (χ3v) is 7.47. The molecule has 1 atom stereocenters. The standard InChI is InChI=1S/C27H36N2O7/c1-18-14-22(31)25(33)26(36-18)20(19-6-7-21(30)23(15-19)34-2)16-24(32)28-17-27(8-4-3-5-9-27)29-10-12-35-13-11-29/h6-7,14-15,20,30,33H,3-5,8-13,16-17H2,1-2H3,(H,28,32)/t20-/m0/s1. The third-order valence-electron chi connectivity index (χ3n) is 7.47. The molecule has 3 N–H and O–H groups in total. The molecule has 2 aromatic rings. The van der Waals surface area contributed by atoms with E-state index in [0.717, 1.165) is 38.8 Å². The summed E-state index contributed by atoms with van der Waals surface area (Å²) in [4.78, 5) is 28.1. The molecule has 9 heteroatoms. The number of ether oxygens (including phenoxy) is 2. The van der Waals surface area contributed by atoms with Crippen molar-refractivity contribution in [3.05, 3.63) is 51.6 Å². The van der Waals surface area contributed by atoms with E-state index in [1.165, 1.54) is 25.7 Å². The summed E-state index contributed by atoms with van der Waals surface area (Å²) in [5.41, 5.74) is -0.0877. The van der Waals surface area contributed by atoms with Crippen LogP contribution in [0, 0.1) is 6.92 Å². The first-order valence-electron chi connectivity index (χ1n) is 12.6. The van der Waals surface area contributed by atoms with Gasteiger partial charge in [0.05, 0.1) is 26.2 Å². The maximum absolute atomic E-state index is 13.3. The first-order valence-corrected chi connectivity index (χ1v) is 12.6. The molecule has 2 fully saturated rings. The SMILES string of the molecule is COc1cc([C@H](CC(=O)NCC2(N3CCOCC3)CCCCC2)c2oc(C)cc(=O)c2O)ccc1O. The second-order valence-electron chi connectivity index (χ2n) is 9.78. The number of nitrogens with zero attached hydrogens (tertiary/aromatic N) is 1. The Morgan fingerprint density at radius 2 is 1.89 bits per heavy atom. The fourth-order valence-corrected chi connectivity index (χ4v) is 5.51. The van der Waals surface area contributed by atoms with Crippen LogP contribution in [-0.2, 0) is 9.53 Å². The van der Waals surface area contributed by atoms with Gasteiger partial charge in [0.2, 0.25) is 17.1 Å². The quantitative estimate of drug-likeness (QED) is 0.506. The average Bonchev–Trinajstić information content (AvgIpc) is 2.90. The van der Waals surface area contributed by atoms with E-state index in [-0.39, 0.29) is 35.1 Å². The van der Waals surface area contributed by atoms with Crippen molar-refractivity contribution in [1.82, 2.24) is 10.2 Å². The predicted molar refractivity (Wildman–Crippen MR) is 134 cm³/mol. The summed E-state index contributed by atoms with van der Waals surface area (Å²) in [5.74, 6) is -0.972. The van der Waals surface area contributed by atoms with Crippen LogP contribution in [0.4, 0.5) is 0 Å². The summed E-state index contributed by atoms with van der Waals surface area (Å²) >= 11 is 0. The minimum Gasteiger partial charge on any atom is -0.504 e. The molecule has 0 bridgehead atoms. The molecule has 0 spiro atoms. The van der Waals surface area contributed by atoms with Crippen molar-refractivity contribution >= 4 is 5.91 Å². The summed E-state index contributed by atoms with van der Waals surface area (Å²) in [6.07, 6.45) is 5.47. The number of aryl methyl sites for hydroxylation is 1. The van der Waals surface area contributed by atoms with Crippen molar-refractivity contribution in [3.63, 3.8) is 0 Å². The molecular weight excluding hydrogens is 464 g/mol. The van der Waals surface area contributed by atoms with Crippen molar-refractivity contribution in [2.45, 2.75) is 56.9 Å². The van der Waals surface area contributed by atoms with Crippen LogP contribution >= 0.6 is 0 Å². The van der Waals surface area contributed by atoms with Crippen molar-refractivity contribution in [2.75, 3.05) is 40.0 Å². The molecule has 9 nitrogen and oxygen atoms in total. The van der Waals surface area contributed by atoms with Crippen LogP contribution in [0.2, 0.25) is 0 Å². The number of nitrogens with one attached hydrogen (secondary N) is 1. The van der Waals surface area contributed by atoms with Gasteiger partial charge in [-0.3, -0.25) is 14.5 Å². The van der Waals surface area contributed by atoms with E-state index in [1.54, 1.807) is 19.1 Å². The molecular formula is C27H36N2O7. The van der Waals surface area contributed by atoms with Gasteiger partial charge in [-0.15, -0.1) is 0 Å². The van der Waals surface area contributed by atoms with E-state index in [2.05, 4.69) is 10.2 Å². The number of amides is 1. The summed E-state index contributed by atoms with van der Waals surface area (Å²) in [7, 11) is 1.43. The summed E-state index contributed by atoms with van der Waals surface area (Å²) in [5, 5.41) is 23.8. The number of carbonyl (C=O) groups is 1. The molecule has 36 heavy (non-hydrogen) atoms. The fraction of sp³-hybridized carbons (Fsp3) is 0.556. The van der Waals surface area contributed by atoms with Crippen molar-refractivity contribution in [3.8, 4) is 17.2 Å². The van der Waals surface area contributed by atoms with E-state index < -0.39 is 17.1 Å². The topological polar surface area (TPSA) is 121 Å². The monoisotopic (exact) mass is 500 g/mol. The Balaban J connectivity index is 1.59. The Labute approximate surface area is 211 Å². The molecule has 1 saturated heterocycles. The zero-order valence-corrected chi connectivity index (χ0v) is 21.0. The highest BCUT2D eigenvalue weighted by Crippen LogP contribution is 2.38. The fourth-order valence-electron chi connectivity index (χ4n) is 5.51. The summed E-state index contributed by atoms with van der Waals surface area (Å²) in [6, 6.07) is 5.89. The minimum atomic E-state index is -0.752. The number of methoxy groups -OCH3 is 1. The van der Waals surface area contributed by atoms with Crippen LogP contribution in [0.15, 0.2) is 33.5 Å². The molecule has 1 aromatic heterocycles. The zero-order chi connectivity index (χ0) is 25.7. The molecule has 1 aliphatic carbocycles. The van der Waals surface area contributed by atoms with Gasteiger partial charge in [0.25, 0.3) is 0 Å². The third kappa shape index (κ3) is 5.68. The van der Waals surface area contributed by atoms with Gasteiger partial charge in [-0.25, -0.2) is 0 Å². The van der Waals surface area contributed by atoms with Gasteiger partial charge in [0.15, 0.2) is 17.3 Å². The number of rotatable bonds is 8. The lowest BCUT2D eigenvalue weighted by Gasteiger charge is -2.48. The van der Waals surface area contributed by atoms with Crippen LogP contribution in [0.3, 0.4) is 0 Å². The van der Waals surface area contributed by atoms with Crippen LogP contribution in [0.5, 0.6) is 17.2 Å². The molecule has 2 aliphatic rings. The van der Waals surface area contributed by atoms with Crippen molar-refractivity contribution in [1.29, 1.82) is 0 Å². The Morgan fingerprint density at radius 1 is 1.17 bits per heavy atom. The highest BCUT2D eigenvalue weighted by molar-refractivity contribution is 5.77. The van der Waals surface area contributed by atoms with Crippen LogP contribution < -0.4 is 15.5 Å². The number of phenolic OH excluding ortho intramolecular Hbond substituents is 1. The summed E-state index contributed by atoms with van der Waals surface area (Å²) < 4.78 is 16.6. The number of aromatic hydroxyl groups is 2. The number of carbonyl (C=O) groups excluding carboxylic acids is 1. The minimum absolute atomic E-state index is 0.0171. The van der Waals surface area contributed by atoms with Gasteiger partial charge in [-0.1, -0.05) is 25.3 Å². The molecule has 1 aromatic carbocycles. The number of morpholine rings is 1. The highest BCUT2D eigenvalue weighted by Gasteiger charge is 2.39. The van der Waals surface area contributed by atoms with Crippen molar-refractivity contribution < 1.29 is 28.9 Å². The molecule has 1 amide bonds. The molecule has 0 radical (unpaired) electrons. The Hall–Kier alpha value is -3.04. The molecule has 2 heterocycles. The maximum Gasteiger partial charge on any atom is 0.227 e. The Bertz CT molecular complexity index is 1120. The maximum atomic E-state index is 13.3. The lowest BCUT2D eigenvalue weighted by Crippen LogP contribution is -2.59. The van der Waals surface area contributed by atoms with E-state index >= 15 is 0 Å². The summed E-state index contributed by atoms with van der Waals surface area (Å²) in [6.45, 7) is 5.26. The van der Waals surface area contributed by atoms with E-state index in [1.807, 2.05) is 0 Å². The lowest BCUT2D eigenvalue weighted by molar-refractivity contribution is -0.122. The van der Waals surface area contributed by atoms with Gasteiger partial charge in [0, 0.05) is 37.7 Å². The van der Waals surface area contributed by atoms with Gasteiger partial charge in [-0.05, 0) is 37.5 Å². The first kappa shape index (κ1) is 26.0. The first-order chi connectivity index (χ1) is 17.3. The van der Waals surface area contributed by atoms with Crippen molar-refractivity contribution in [2.24, 2.45) is 0 Å². The Morgan fingerprint density at radius 3 is 2.58 bits per heavy atom. The molecule has 1 aliphatic heterocycles. The number of benzene rings is 1. The van der Waals surface area contributed by atoms with E-state index in [0.29, 0.717) is 31.1 Å². The Kier molecular flexibility index (Phi) is 8.21. The lowest BCUT2D eigenvalue weighted by atomic mass is 9.79.